The Balaban J connectivity index is 1.97. The molecule has 0 atom stereocenters. The largest absolute Gasteiger partial charge is 0.397 e. The molecule has 3 rings (SSSR count). The summed E-state index contributed by atoms with van der Waals surface area (Å²) in [6.45, 7) is 2.73. The Morgan fingerprint density at radius 3 is 2.35 bits per heavy atom. The van der Waals surface area contributed by atoms with E-state index in [1.165, 1.54) is 11.1 Å². The molecule has 3 heteroatoms. The number of anilines is 1. The summed E-state index contributed by atoms with van der Waals surface area (Å²) >= 11 is 0. The number of aryl methyl sites for hydroxylation is 1. The van der Waals surface area contributed by atoms with Crippen molar-refractivity contribution in [2.75, 3.05) is 5.73 Å². The lowest BCUT2D eigenvalue weighted by Gasteiger charge is -2.12. The quantitative estimate of drug-likeness (QED) is 0.795. The molecule has 23 heavy (non-hydrogen) atoms. The Kier molecular flexibility index (Phi) is 4.16. The van der Waals surface area contributed by atoms with Gasteiger partial charge in [-0.25, -0.2) is 0 Å². The highest BCUT2D eigenvalue weighted by atomic mass is 15.0. The Labute approximate surface area is 136 Å². The van der Waals surface area contributed by atoms with Crippen molar-refractivity contribution in [3.05, 3.63) is 88.7 Å². The molecular formula is C20H19N3. The molecule has 1 aromatic heterocycles. The van der Waals surface area contributed by atoms with Crippen molar-refractivity contribution >= 4 is 5.69 Å². The highest BCUT2D eigenvalue weighted by Gasteiger charge is 2.14. The highest BCUT2D eigenvalue weighted by Crippen LogP contribution is 2.23. The van der Waals surface area contributed by atoms with Crippen LogP contribution in [0.5, 0.6) is 0 Å². The second-order valence-corrected chi connectivity index (χ2v) is 5.78. The molecule has 0 saturated carbocycles. The lowest BCUT2D eigenvalue weighted by atomic mass is 10.1. The minimum Gasteiger partial charge on any atom is -0.397 e. The smallest absolute Gasteiger partial charge is 0.122 e. The first-order valence-corrected chi connectivity index (χ1v) is 7.65. The lowest BCUT2D eigenvalue weighted by molar-refractivity contribution is 0.749. The van der Waals surface area contributed by atoms with Gasteiger partial charge in [-0.1, -0.05) is 60.2 Å². The third-order valence-electron chi connectivity index (χ3n) is 4.03. The molecule has 0 saturated heterocycles. The predicted octanol–water partition coefficient (Wildman–Crippen LogP) is 3.89. The van der Waals surface area contributed by atoms with Crippen molar-refractivity contribution in [1.29, 1.82) is 5.26 Å². The van der Waals surface area contributed by atoms with Gasteiger partial charge in [0, 0.05) is 18.7 Å². The molecule has 114 valence electrons. The minimum atomic E-state index is 0.605. The second-order valence-electron chi connectivity index (χ2n) is 5.78. The summed E-state index contributed by atoms with van der Waals surface area (Å²) < 4.78 is 2.02. The third kappa shape index (κ3) is 3.27. The van der Waals surface area contributed by atoms with Crippen LogP contribution in [0.25, 0.3) is 0 Å². The van der Waals surface area contributed by atoms with Gasteiger partial charge >= 0.3 is 0 Å². The second kappa shape index (κ2) is 6.41. The molecule has 2 N–H and O–H groups in total. The number of nitriles is 1. The van der Waals surface area contributed by atoms with E-state index in [1.54, 1.807) is 6.07 Å². The number of rotatable bonds is 4. The normalized spacial score (nSPS) is 10.4. The van der Waals surface area contributed by atoms with Crippen molar-refractivity contribution in [3.63, 3.8) is 0 Å². The Hall–Kier alpha value is -2.99. The van der Waals surface area contributed by atoms with Crippen molar-refractivity contribution in [3.8, 4) is 6.07 Å². The van der Waals surface area contributed by atoms with Crippen LogP contribution < -0.4 is 5.73 Å². The molecule has 0 aliphatic heterocycles. The van der Waals surface area contributed by atoms with Crippen LogP contribution in [0, 0.1) is 18.3 Å². The van der Waals surface area contributed by atoms with Gasteiger partial charge < -0.3 is 10.3 Å². The zero-order valence-electron chi connectivity index (χ0n) is 13.2. The number of aromatic nitrogens is 1. The van der Waals surface area contributed by atoms with Crippen LogP contribution >= 0.6 is 0 Å². The summed E-state index contributed by atoms with van der Waals surface area (Å²) in [5, 5.41) is 9.41. The van der Waals surface area contributed by atoms with Crippen molar-refractivity contribution in [2.45, 2.75) is 19.9 Å². The maximum Gasteiger partial charge on any atom is 0.122 e. The number of hydrogen-bond donors (Lipinski definition) is 1. The average Bonchev–Trinajstić information content (AvgIpc) is 2.86. The van der Waals surface area contributed by atoms with E-state index in [1.807, 2.05) is 22.8 Å². The fraction of sp³-hybridized carbons (Fsp3) is 0.150. The molecular weight excluding hydrogens is 282 g/mol. The standard InChI is InChI=1S/C20H19N3/c1-15-7-9-16(10-8-15)11-20-19(22)12-18(13-21)23(20)14-17-5-3-2-4-6-17/h2-10,12H,11,14,22H2,1H3. The molecule has 0 radical (unpaired) electrons. The topological polar surface area (TPSA) is 54.7 Å². The van der Waals surface area contributed by atoms with Gasteiger partial charge in [-0.15, -0.1) is 0 Å². The molecule has 0 amide bonds. The molecule has 0 unspecified atom stereocenters. The van der Waals surface area contributed by atoms with Crippen molar-refractivity contribution in [1.82, 2.24) is 4.57 Å². The van der Waals surface area contributed by atoms with Crippen molar-refractivity contribution < 1.29 is 0 Å². The lowest BCUT2D eigenvalue weighted by Crippen LogP contribution is -2.08. The Morgan fingerprint density at radius 1 is 1.00 bits per heavy atom. The summed E-state index contributed by atoms with van der Waals surface area (Å²) in [4.78, 5) is 0. The van der Waals surface area contributed by atoms with E-state index < -0.39 is 0 Å². The van der Waals surface area contributed by atoms with Gasteiger partial charge in [0.25, 0.3) is 0 Å². The molecule has 0 aliphatic rings. The van der Waals surface area contributed by atoms with Gasteiger partial charge in [-0.2, -0.15) is 5.26 Å². The first kappa shape index (κ1) is 14.9. The summed E-state index contributed by atoms with van der Waals surface area (Å²) in [5.41, 5.74) is 12.0. The number of hydrogen-bond acceptors (Lipinski definition) is 2. The maximum absolute atomic E-state index is 9.41. The first-order chi connectivity index (χ1) is 11.2. The van der Waals surface area contributed by atoms with Crippen LogP contribution in [0.2, 0.25) is 0 Å². The zero-order chi connectivity index (χ0) is 16.2. The highest BCUT2D eigenvalue weighted by molar-refractivity contribution is 5.52. The van der Waals surface area contributed by atoms with E-state index >= 15 is 0 Å². The summed E-state index contributed by atoms with van der Waals surface area (Å²) in [7, 11) is 0. The fourth-order valence-corrected chi connectivity index (χ4v) is 2.75. The minimum absolute atomic E-state index is 0.605. The molecule has 0 fully saturated rings. The van der Waals surface area contributed by atoms with Crippen molar-refractivity contribution in [2.24, 2.45) is 0 Å². The summed E-state index contributed by atoms with van der Waals surface area (Å²) in [6.07, 6.45) is 0.723. The number of nitrogen functional groups attached to an aromatic ring is 1. The van der Waals surface area contributed by atoms with Crippen LogP contribution in [-0.4, -0.2) is 4.57 Å². The molecule has 0 aliphatic carbocycles. The van der Waals surface area contributed by atoms with E-state index in [2.05, 4.69) is 49.4 Å². The first-order valence-electron chi connectivity index (χ1n) is 7.65. The third-order valence-corrected chi connectivity index (χ3v) is 4.03. The summed E-state index contributed by atoms with van der Waals surface area (Å²) in [6, 6.07) is 22.6. The monoisotopic (exact) mass is 301 g/mol. The van der Waals surface area contributed by atoms with E-state index in [9.17, 15) is 5.26 Å². The Bertz CT molecular complexity index is 837. The van der Waals surface area contributed by atoms with Crippen LogP contribution in [-0.2, 0) is 13.0 Å². The Morgan fingerprint density at radius 2 is 1.70 bits per heavy atom. The number of benzene rings is 2. The van der Waals surface area contributed by atoms with Gasteiger partial charge in [0.2, 0.25) is 0 Å². The molecule has 1 heterocycles. The van der Waals surface area contributed by atoms with Gasteiger partial charge in [-0.3, -0.25) is 0 Å². The van der Waals surface area contributed by atoms with E-state index in [-0.39, 0.29) is 0 Å². The summed E-state index contributed by atoms with van der Waals surface area (Å²) in [5.74, 6) is 0. The number of nitrogens with zero attached hydrogens (tertiary/aromatic N) is 2. The predicted molar refractivity (Wildman–Crippen MR) is 93.1 cm³/mol. The van der Waals surface area contributed by atoms with Gasteiger partial charge in [0.05, 0.1) is 5.69 Å². The molecule has 3 nitrogen and oxygen atoms in total. The van der Waals surface area contributed by atoms with Crippen LogP contribution in [0.4, 0.5) is 5.69 Å². The van der Waals surface area contributed by atoms with Crippen LogP contribution in [0.1, 0.15) is 28.1 Å². The molecule has 0 bridgehead atoms. The molecule has 3 aromatic rings. The molecule has 2 aromatic carbocycles. The maximum atomic E-state index is 9.41. The van der Waals surface area contributed by atoms with Gasteiger partial charge in [0.15, 0.2) is 0 Å². The zero-order valence-corrected chi connectivity index (χ0v) is 13.2. The van der Waals surface area contributed by atoms with E-state index in [0.717, 1.165) is 17.7 Å². The van der Waals surface area contributed by atoms with Crippen LogP contribution in [0.15, 0.2) is 60.7 Å². The van der Waals surface area contributed by atoms with Gasteiger partial charge in [-0.05, 0) is 24.1 Å². The average molecular weight is 301 g/mol. The molecule has 0 spiro atoms. The van der Waals surface area contributed by atoms with E-state index in [4.69, 9.17) is 5.73 Å². The fourth-order valence-electron chi connectivity index (χ4n) is 2.75. The van der Waals surface area contributed by atoms with Gasteiger partial charge in [0.1, 0.15) is 11.8 Å². The van der Waals surface area contributed by atoms with Crippen LogP contribution in [0.3, 0.4) is 0 Å². The SMILES string of the molecule is Cc1ccc(Cc2c(N)cc(C#N)n2Cc2ccccc2)cc1. The number of nitrogens with two attached hydrogens (primary N) is 1. The van der Waals surface area contributed by atoms with E-state index in [0.29, 0.717) is 17.9 Å².